The Balaban J connectivity index is 1.23. The monoisotopic (exact) mass is 440 g/mol. The highest BCUT2D eigenvalue weighted by atomic mass is 19.1. The molecule has 0 saturated carbocycles. The van der Waals surface area contributed by atoms with E-state index in [-0.39, 0.29) is 18.3 Å². The summed E-state index contributed by atoms with van der Waals surface area (Å²) in [6, 6.07) is 13.2. The Labute approximate surface area is 185 Å². The van der Waals surface area contributed by atoms with Gasteiger partial charge in [0.2, 0.25) is 11.7 Å². The second kappa shape index (κ2) is 10.2. The maximum atomic E-state index is 12.9. The molecule has 4 rings (SSSR count). The molecule has 3 aromatic rings. The van der Waals surface area contributed by atoms with Crippen molar-refractivity contribution in [3.8, 4) is 22.9 Å². The molecule has 0 aliphatic carbocycles. The molecule has 2 heterocycles. The molecule has 1 aliphatic rings. The Hall–Kier alpha value is -3.46. The Bertz CT molecular complexity index is 1020. The number of aromatic nitrogens is 2. The molecule has 1 amide bonds. The number of halogens is 1. The van der Waals surface area contributed by atoms with Crippen LogP contribution in [-0.4, -0.2) is 65.2 Å². The standard InChI is InChI=1S/C23H25FN4O4/c1-2-30-19-7-3-17(4-8-19)23-25-21(32-26-23)15-27-11-13-28(14-12-27)22(29)16-31-20-9-5-18(24)6-10-20/h3-10H,2,11-16H2,1H3. The fourth-order valence-corrected chi connectivity index (χ4v) is 3.42. The molecular weight excluding hydrogens is 415 g/mol. The van der Waals surface area contributed by atoms with Crippen molar-refractivity contribution in [1.82, 2.24) is 19.9 Å². The van der Waals surface area contributed by atoms with E-state index in [9.17, 15) is 9.18 Å². The van der Waals surface area contributed by atoms with Crippen molar-refractivity contribution in [2.24, 2.45) is 0 Å². The van der Waals surface area contributed by atoms with Crippen LogP contribution < -0.4 is 9.47 Å². The second-order valence-electron chi connectivity index (χ2n) is 7.37. The SMILES string of the molecule is CCOc1ccc(-c2noc(CN3CCN(C(=O)COc4ccc(F)cc4)CC3)n2)cc1. The molecule has 0 atom stereocenters. The van der Waals surface area contributed by atoms with Gasteiger partial charge in [-0.2, -0.15) is 4.98 Å². The summed E-state index contributed by atoms with van der Waals surface area (Å²) in [7, 11) is 0. The van der Waals surface area contributed by atoms with Crippen LogP contribution in [0.3, 0.4) is 0 Å². The van der Waals surface area contributed by atoms with Gasteiger partial charge in [-0.15, -0.1) is 0 Å². The number of nitrogens with zero attached hydrogens (tertiary/aromatic N) is 4. The molecule has 168 valence electrons. The van der Waals surface area contributed by atoms with Gasteiger partial charge in [0.25, 0.3) is 5.91 Å². The van der Waals surface area contributed by atoms with Crippen LogP contribution in [0.4, 0.5) is 4.39 Å². The van der Waals surface area contributed by atoms with Crippen molar-refractivity contribution >= 4 is 5.91 Å². The summed E-state index contributed by atoms with van der Waals surface area (Å²) in [6.07, 6.45) is 0. The van der Waals surface area contributed by atoms with Crippen LogP contribution in [0.1, 0.15) is 12.8 Å². The first-order valence-electron chi connectivity index (χ1n) is 10.5. The van der Waals surface area contributed by atoms with Gasteiger partial charge in [-0.3, -0.25) is 9.69 Å². The summed E-state index contributed by atoms with van der Waals surface area (Å²) in [5, 5.41) is 4.07. The molecule has 0 unspecified atom stereocenters. The second-order valence-corrected chi connectivity index (χ2v) is 7.37. The molecule has 0 radical (unpaired) electrons. The number of amides is 1. The van der Waals surface area contributed by atoms with Crippen molar-refractivity contribution in [3.63, 3.8) is 0 Å². The van der Waals surface area contributed by atoms with Gasteiger partial charge in [0.05, 0.1) is 13.2 Å². The van der Waals surface area contributed by atoms with Crippen LogP contribution in [0.2, 0.25) is 0 Å². The summed E-state index contributed by atoms with van der Waals surface area (Å²) in [5.41, 5.74) is 0.861. The summed E-state index contributed by atoms with van der Waals surface area (Å²) >= 11 is 0. The van der Waals surface area contributed by atoms with Crippen molar-refractivity contribution in [2.45, 2.75) is 13.5 Å². The van der Waals surface area contributed by atoms with Crippen LogP contribution in [0.5, 0.6) is 11.5 Å². The summed E-state index contributed by atoms with van der Waals surface area (Å²) in [6.45, 7) is 5.59. The third-order valence-electron chi connectivity index (χ3n) is 5.15. The van der Waals surface area contributed by atoms with Crippen molar-refractivity contribution in [2.75, 3.05) is 39.4 Å². The number of carbonyl (C=O) groups is 1. The fraction of sp³-hybridized carbons (Fsp3) is 0.348. The van der Waals surface area contributed by atoms with E-state index in [1.165, 1.54) is 24.3 Å². The molecule has 0 bridgehead atoms. The average molecular weight is 440 g/mol. The van der Waals surface area contributed by atoms with Gasteiger partial charge in [0.1, 0.15) is 17.3 Å². The van der Waals surface area contributed by atoms with Gasteiger partial charge < -0.3 is 18.9 Å². The molecule has 9 heteroatoms. The van der Waals surface area contributed by atoms with Crippen molar-refractivity contribution < 1.29 is 23.2 Å². The lowest BCUT2D eigenvalue weighted by Gasteiger charge is -2.33. The zero-order chi connectivity index (χ0) is 22.3. The van der Waals surface area contributed by atoms with E-state index in [0.29, 0.717) is 56.8 Å². The first-order valence-corrected chi connectivity index (χ1v) is 10.5. The van der Waals surface area contributed by atoms with E-state index in [0.717, 1.165) is 11.3 Å². The lowest BCUT2D eigenvalue weighted by Crippen LogP contribution is -2.49. The summed E-state index contributed by atoms with van der Waals surface area (Å²) in [4.78, 5) is 20.8. The minimum absolute atomic E-state index is 0.0687. The highest BCUT2D eigenvalue weighted by Gasteiger charge is 2.23. The van der Waals surface area contributed by atoms with Crippen molar-refractivity contribution in [1.29, 1.82) is 0 Å². The van der Waals surface area contributed by atoms with E-state index in [2.05, 4.69) is 15.0 Å². The Morgan fingerprint density at radius 1 is 1.00 bits per heavy atom. The lowest BCUT2D eigenvalue weighted by atomic mass is 10.2. The number of carbonyl (C=O) groups excluding carboxylic acids is 1. The predicted octanol–water partition coefficient (Wildman–Crippen LogP) is 3.00. The molecule has 1 saturated heterocycles. The van der Waals surface area contributed by atoms with Crippen molar-refractivity contribution in [3.05, 3.63) is 60.2 Å². The maximum absolute atomic E-state index is 12.9. The topological polar surface area (TPSA) is 80.9 Å². The number of rotatable bonds is 8. The van der Waals surface area contributed by atoms with E-state index in [1.54, 1.807) is 4.90 Å². The van der Waals surface area contributed by atoms with Gasteiger partial charge in [-0.05, 0) is 55.5 Å². The third kappa shape index (κ3) is 5.61. The Morgan fingerprint density at radius 2 is 1.66 bits per heavy atom. The number of hydrogen-bond donors (Lipinski definition) is 0. The van der Waals surface area contributed by atoms with E-state index in [4.69, 9.17) is 14.0 Å². The number of piperazine rings is 1. The Morgan fingerprint density at radius 3 is 2.34 bits per heavy atom. The normalized spacial score (nSPS) is 14.4. The highest BCUT2D eigenvalue weighted by molar-refractivity contribution is 5.77. The molecule has 1 aliphatic heterocycles. The van der Waals surface area contributed by atoms with E-state index < -0.39 is 0 Å². The van der Waals surface area contributed by atoms with Crippen LogP contribution >= 0.6 is 0 Å². The first kappa shape index (κ1) is 21.8. The smallest absolute Gasteiger partial charge is 0.260 e. The lowest BCUT2D eigenvalue weighted by molar-refractivity contribution is -0.135. The minimum atomic E-state index is -0.340. The molecule has 0 spiro atoms. The van der Waals surface area contributed by atoms with Gasteiger partial charge in [0, 0.05) is 31.7 Å². The quantitative estimate of drug-likeness (QED) is 0.533. The number of ether oxygens (including phenoxy) is 2. The van der Waals surface area contributed by atoms with E-state index >= 15 is 0 Å². The zero-order valence-corrected chi connectivity index (χ0v) is 17.9. The molecule has 1 aromatic heterocycles. The molecule has 32 heavy (non-hydrogen) atoms. The zero-order valence-electron chi connectivity index (χ0n) is 17.9. The average Bonchev–Trinajstić information content (AvgIpc) is 3.28. The fourth-order valence-electron chi connectivity index (χ4n) is 3.42. The van der Waals surface area contributed by atoms with Gasteiger partial charge in [-0.1, -0.05) is 5.16 Å². The molecular formula is C23H25FN4O4. The third-order valence-corrected chi connectivity index (χ3v) is 5.15. The van der Waals surface area contributed by atoms with Crippen LogP contribution in [0.25, 0.3) is 11.4 Å². The molecule has 1 fully saturated rings. The van der Waals surface area contributed by atoms with Crippen LogP contribution in [-0.2, 0) is 11.3 Å². The number of benzene rings is 2. The highest BCUT2D eigenvalue weighted by Crippen LogP contribution is 2.20. The van der Waals surface area contributed by atoms with E-state index in [1.807, 2.05) is 31.2 Å². The van der Waals surface area contributed by atoms with Gasteiger partial charge in [-0.25, -0.2) is 4.39 Å². The molecule has 8 nitrogen and oxygen atoms in total. The minimum Gasteiger partial charge on any atom is -0.494 e. The largest absolute Gasteiger partial charge is 0.494 e. The number of hydrogen-bond acceptors (Lipinski definition) is 7. The predicted molar refractivity (Wildman–Crippen MR) is 115 cm³/mol. The Kier molecular flexibility index (Phi) is 6.96. The molecule has 0 N–H and O–H groups in total. The maximum Gasteiger partial charge on any atom is 0.260 e. The van der Waals surface area contributed by atoms with Crippen LogP contribution in [0, 0.1) is 5.82 Å². The molecule has 2 aromatic carbocycles. The summed E-state index contributed by atoms with van der Waals surface area (Å²) < 4.78 is 29.3. The van der Waals surface area contributed by atoms with Gasteiger partial charge >= 0.3 is 0 Å². The van der Waals surface area contributed by atoms with Gasteiger partial charge in [0.15, 0.2) is 6.61 Å². The summed E-state index contributed by atoms with van der Waals surface area (Å²) in [5.74, 6) is 1.91. The van der Waals surface area contributed by atoms with Crippen LogP contribution in [0.15, 0.2) is 53.1 Å². The first-order chi connectivity index (χ1) is 15.6.